The van der Waals surface area contributed by atoms with Crippen LogP contribution in [0.2, 0.25) is 0 Å². The quantitative estimate of drug-likeness (QED) is 0.416. The summed E-state index contributed by atoms with van der Waals surface area (Å²) in [6.45, 7) is -0.615. The predicted octanol–water partition coefficient (Wildman–Crippen LogP) is -2.07. The summed E-state index contributed by atoms with van der Waals surface area (Å²) in [7, 11) is 2.55. The first-order valence-corrected chi connectivity index (χ1v) is 4.10. The Hall–Kier alpha value is -0.530. The average molecular weight is 208 g/mol. The van der Waals surface area contributed by atoms with Gasteiger partial charge < -0.3 is 29.6 Å². The van der Waals surface area contributed by atoms with Crippen molar-refractivity contribution >= 4 is 6.29 Å². The number of aldehydes is 1. The number of hydrogen-bond acceptors (Lipinski definition) is 6. The maximum atomic E-state index is 10.5. The van der Waals surface area contributed by atoms with Gasteiger partial charge in [-0.15, -0.1) is 0 Å². The van der Waals surface area contributed by atoms with Crippen molar-refractivity contribution in [3.63, 3.8) is 0 Å². The molecule has 0 aliphatic carbocycles. The Morgan fingerprint density at radius 2 is 1.86 bits per heavy atom. The highest BCUT2D eigenvalue weighted by Crippen LogP contribution is 2.09. The van der Waals surface area contributed by atoms with E-state index >= 15 is 0 Å². The molecule has 0 fully saturated rings. The van der Waals surface area contributed by atoms with E-state index in [0.717, 1.165) is 0 Å². The highest BCUT2D eigenvalue weighted by atomic mass is 16.5. The fourth-order valence-corrected chi connectivity index (χ4v) is 1.06. The van der Waals surface area contributed by atoms with Gasteiger partial charge in [0.25, 0.3) is 0 Å². The van der Waals surface area contributed by atoms with Crippen LogP contribution in [0.4, 0.5) is 0 Å². The number of hydrogen-bond donors (Lipinski definition) is 3. The highest BCUT2D eigenvalue weighted by molar-refractivity contribution is 5.57. The number of methoxy groups -OCH3 is 2. The number of aliphatic hydroxyl groups excluding tert-OH is 3. The van der Waals surface area contributed by atoms with Crippen LogP contribution < -0.4 is 0 Å². The summed E-state index contributed by atoms with van der Waals surface area (Å²) in [5, 5.41) is 27.1. The predicted molar refractivity (Wildman–Crippen MR) is 46.8 cm³/mol. The minimum Gasteiger partial charge on any atom is -0.394 e. The first kappa shape index (κ1) is 13.5. The van der Waals surface area contributed by atoms with Gasteiger partial charge in [0, 0.05) is 14.2 Å². The molecule has 0 bridgehead atoms. The molecular weight excluding hydrogens is 192 g/mol. The smallest absolute Gasteiger partial charge is 0.151 e. The van der Waals surface area contributed by atoms with Gasteiger partial charge in [-0.25, -0.2) is 0 Å². The van der Waals surface area contributed by atoms with Crippen LogP contribution in [0.5, 0.6) is 0 Å². The maximum Gasteiger partial charge on any atom is 0.151 e. The molecule has 6 nitrogen and oxygen atoms in total. The number of carbonyl (C=O) groups is 1. The van der Waals surface area contributed by atoms with Crippen LogP contribution in [-0.2, 0) is 14.3 Å². The SMILES string of the molecule is CO[C@@H]([C@H](O)[C@H](O)CO)[C@@H](C=O)OC. The number of ether oxygens (including phenoxy) is 2. The summed E-state index contributed by atoms with van der Waals surface area (Å²) in [4.78, 5) is 10.5. The molecule has 0 aliphatic rings. The van der Waals surface area contributed by atoms with Crippen molar-refractivity contribution in [1.82, 2.24) is 0 Å². The number of rotatable bonds is 7. The Morgan fingerprint density at radius 3 is 2.14 bits per heavy atom. The van der Waals surface area contributed by atoms with Gasteiger partial charge in [-0.3, -0.25) is 0 Å². The molecule has 0 saturated carbocycles. The Morgan fingerprint density at radius 1 is 1.29 bits per heavy atom. The van der Waals surface area contributed by atoms with Crippen LogP contribution in [0.25, 0.3) is 0 Å². The van der Waals surface area contributed by atoms with E-state index in [1.54, 1.807) is 0 Å². The molecule has 0 amide bonds. The summed E-state index contributed by atoms with van der Waals surface area (Å²) < 4.78 is 9.52. The molecule has 0 heterocycles. The van der Waals surface area contributed by atoms with Gasteiger partial charge in [0.1, 0.15) is 24.4 Å². The third-order valence-corrected chi connectivity index (χ3v) is 1.92. The number of aliphatic hydroxyl groups is 3. The second-order valence-corrected chi connectivity index (χ2v) is 2.78. The van der Waals surface area contributed by atoms with Crippen molar-refractivity contribution in [2.24, 2.45) is 0 Å². The van der Waals surface area contributed by atoms with Gasteiger partial charge in [0.05, 0.1) is 6.61 Å². The van der Waals surface area contributed by atoms with E-state index in [0.29, 0.717) is 6.29 Å². The van der Waals surface area contributed by atoms with Crippen LogP contribution in [0.15, 0.2) is 0 Å². The summed E-state index contributed by atoms with van der Waals surface area (Å²) in [5.41, 5.74) is 0. The van der Waals surface area contributed by atoms with E-state index in [1.165, 1.54) is 14.2 Å². The first-order valence-electron chi connectivity index (χ1n) is 4.10. The molecule has 0 aromatic rings. The van der Waals surface area contributed by atoms with Gasteiger partial charge in [-0.05, 0) is 0 Å². The van der Waals surface area contributed by atoms with Crippen molar-refractivity contribution < 1.29 is 29.6 Å². The molecule has 3 N–H and O–H groups in total. The van der Waals surface area contributed by atoms with Crippen LogP contribution in [0, 0.1) is 0 Å². The zero-order valence-electron chi connectivity index (χ0n) is 8.16. The van der Waals surface area contributed by atoms with Crippen molar-refractivity contribution in [3.05, 3.63) is 0 Å². The van der Waals surface area contributed by atoms with Gasteiger partial charge in [-0.1, -0.05) is 0 Å². The van der Waals surface area contributed by atoms with Crippen molar-refractivity contribution in [1.29, 1.82) is 0 Å². The zero-order chi connectivity index (χ0) is 11.1. The Labute approximate surface area is 82.1 Å². The third kappa shape index (κ3) is 3.32. The maximum absolute atomic E-state index is 10.5. The molecule has 0 unspecified atom stereocenters. The van der Waals surface area contributed by atoms with Crippen LogP contribution in [0.3, 0.4) is 0 Å². The Balaban J connectivity index is 4.44. The minimum atomic E-state index is -1.37. The van der Waals surface area contributed by atoms with Crippen LogP contribution in [0.1, 0.15) is 0 Å². The monoisotopic (exact) mass is 208 g/mol. The number of carbonyl (C=O) groups excluding carboxylic acids is 1. The fraction of sp³-hybridized carbons (Fsp3) is 0.875. The standard InChI is InChI=1S/C8H16O6/c1-13-6(4-10)8(14-2)7(12)5(11)3-9/h4-9,11-12H,3H2,1-2H3/t5-,6-,7-,8-/m1/s1. The van der Waals surface area contributed by atoms with Gasteiger partial charge >= 0.3 is 0 Å². The van der Waals surface area contributed by atoms with E-state index in [-0.39, 0.29) is 0 Å². The third-order valence-electron chi connectivity index (χ3n) is 1.92. The van der Waals surface area contributed by atoms with E-state index in [1.807, 2.05) is 0 Å². The lowest BCUT2D eigenvalue weighted by Gasteiger charge is -2.27. The van der Waals surface area contributed by atoms with Gasteiger partial charge in [0.2, 0.25) is 0 Å². The lowest BCUT2D eigenvalue weighted by Crippen LogP contribution is -2.48. The molecule has 14 heavy (non-hydrogen) atoms. The second kappa shape index (κ2) is 6.86. The summed E-state index contributed by atoms with van der Waals surface area (Å²) in [6, 6.07) is 0. The van der Waals surface area contributed by atoms with Gasteiger partial charge in [0.15, 0.2) is 6.29 Å². The van der Waals surface area contributed by atoms with Crippen LogP contribution >= 0.6 is 0 Å². The van der Waals surface area contributed by atoms with Gasteiger partial charge in [-0.2, -0.15) is 0 Å². The zero-order valence-corrected chi connectivity index (χ0v) is 8.16. The first-order chi connectivity index (χ1) is 6.62. The van der Waals surface area contributed by atoms with E-state index in [2.05, 4.69) is 0 Å². The summed E-state index contributed by atoms with van der Waals surface area (Å²) in [6.07, 6.45) is -4.25. The highest BCUT2D eigenvalue weighted by Gasteiger charge is 2.32. The molecule has 6 heteroatoms. The molecule has 84 valence electrons. The van der Waals surface area contributed by atoms with Crippen LogP contribution in [-0.4, -0.2) is 66.8 Å². The topological polar surface area (TPSA) is 96.2 Å². The summed E-state index contributed by atoms with van der Waals surface area (Å²) in [5.74, 6) is 0. The molecule has 0 aromatic heterocycles. The largest absolute Gasteiger partial charge is 0.394 e. The lowest BCUT2D eigenvalue weighted by molar-refractivity contribution is -0.148. The Kier molecular flexibility index (Phi) is 6.60. The molecule has 0 radical (unpaired) electrons. The van der Waals surface area contributed by atoms with Crippen molar-refractivity contribution in [2.45, 2.75) is 24.4 Å². The second-order valence-electron chi connectivity index (χ2n) is 2.78. The molecule has 0 spiro atoms. The average Bonchev–Trinajstić information content (AvgIpc) is 2.23. The lowest BCUT2D eigenvalue weighted by atomic mass is 10.0. The van der Waals surface area contributed by atoms with E-state index < -0.39 is 31.0 Å². The molecule has 0 aliphatic heterocycles. The summed E-state index contributed by atoms with van der Waals surface area (Å²) >= 11 is 0. The minimum absolute atomic E-state index is 0.460. The van der Waals surface area contributed by atoms with E-state index in [9.17, 15) is 9.90 Å². The normalized spacial score (nSPS) is 19.8. The van der Waals surface area contributed by atoms with Crippen molar-refractivity contribution in [2.75, 3.05) is 20.8 Å². The molecule has 0 rings (SSSR count). The molecule has 0 aromatic carbocycles. The Bertz CT molecular complexity index is 162. The molecule has 4 atom stereocenters. The molecular formula is C8H16O6. The fourth-order valence-electron chi connectivity index (χ4n) is 1.06. The van der Waals surface area contributed by atoms with Crippen molar-refractivity contribution in [3.8, 4) is 0 Å². The molecule has 0 saturated heterocycles. The van der Waals surface area contributed by atoms with E-state index in [4.69, 9.17) is 19.7 Å².